The van der Waals surface area contributed by atoms with Crippen molar-refractivity contribution in [3.05, 3.63) is 83.3 Å². The van der Waals surface area contributed by atoms with Gasteiger partial charge >= 0.3 is 0 Å². The smallest absolute Gasteiger partial charge is 0.256 e. The summed E-state index contributed by atoms with van der Waals surface area (Å²) in [4.78, 5) is 7.06. The van der Waals surface area contributed by atoms with Gasteiger partial charge in [-0.2, -0.15) is 0 Å². The van der Waals surface area contributed by atoms with Crippen LogP contribution in [0.1, 0.15) is 43.2 Å². The van der Waals surface area contributed by atoms with Crippen LogP contribution in [0.4, 0.5) is 5.69 Å². The second kappa shape index (κ2) is 7.32. The fourth-order valence-corrected chi connectivity index (χ4v) is 5.95. The van der Waals surface area contributed by atoms with E-state index < -0.39 is 0 Å². The first kappa shape index (κ1) is 21.5. The molecule has 0 amide bonds. The number of fused-ring (bicyclic) bond motifs is 3. The van der Waals surface area contributed by atoms with Gasteiger partial charge in [0, 0.05) is 34.6 Å². The molecule has 0 N–H and O–H groups in total. The van der Waals surface area contributed by atoms with E-state index in [1.807, 2.05) is 6.92 Å². The number of aromatic nitrogens is 1. The second-order valence-corrected chi connectivity index (χ2v) is 11.0. The van der Waals surface area contributed by atoms with Gasteiger partial charge in [-0.15, -0.1) is 0 Å². The summed E-state index contributed by atoms with van der Waals surface area (Å²) >= 11 is 2.63. The third-order valence-corrected chi connectivity index (χ3v) is 9.44. The predicted octanol–water partition coefficient (Wildman–Crippen LogP) is 7.65. The summed E-state index contributed by atoms with van der Waals surface area (Å²) in [6.45, 7) is 13.4. The summed E-state index contributed by atoms with van der Waals surface area (Å²) in [7, 11) is 0. The molecule has 0 radical (unpaired) electrons. The molecule has 0 aliphatic carbocycles. The number of pyridine rings is 1. The lowest BCUT2D eigenvalue weighted by Crippen LogP contribution is -2.55. The van der Waals surface area contributed by atoms with Crippen LogP contribution in [-0.2, 0) is 5.54 Å². The summed E-state index contributed by atoms with van der Waals surface area (Å²) in [5.41, 5.74) is 7.50. The van der Waals surface area contributed by atoms with Gasteiger partial charge in [0.15, 0.2) is 6.17 Å². The third-order valence-electron chi connectivity index (χ3n) is 7.10. The van der Waals surface area contributed by atoms with E-state index in [0.29, 0.717) is 5.71 Å². The maximum atomic E-state index is 6.20. The van der Waals surface area contributed by atoms with Gasteiger partial charge in [-0.25, -0.2) is 7.68 Å². The highest BCUT2D eigenvalue weighted by Crippen LogP contribution is 2.51. The molecule has 2 atom stereocenters. The van der Waals surface area contributed by atoms with Gasteiger partial charge < -0.3 is 4.42 Å². The standard InChI is InChI=1S/C27H29IN3O/c1-17-9-7-8-10-22(17)30-15-16-31(28,20(30)4)27(5,6)25-18(2)11-14-23-24(25)21-13-12-19(3)29-26(21)32-23/h7-16,20H,1-6H3/q+1/t20-,31?/m1/s1. The van der Waals surface area contributed by atoms with Crippen LogP contribution in [0.2, 0.25) is 0 Å². The number of para-hydroxylation sites is 1. The van der Waals surface area contributed by atoms with Gasteiger partial charge in [-0.1, -0.05) is 24.3 Å². The molecule has 3 heterocycles. The number of nitrogens with zero attached hydrogens (tertiary/aromatic N) is 3. The normalized spacial score (nSPS) is 21.2. The average Bonchev–Trinajstić information content (AvgIpc) is 3.26. The van der Waals surface area contributed by atoms with E-state index in [-0.39, 0.29) is 11.7 Å². The Balaban J connectivity index is 1.70. The highest BCUT2D eigenvalue weighted by molar-refractivity contribution is 14.1. The topological polar surface area (TPSA) is 29.3 Å². The minimum atomic E-state index is -0.223. The minimum absolute atomic E-state index is 0.222. The zero-order chi connectivity index (χ0) is 22.8. The van der Waals surface area contributed by atoms with Crippen LogP contribution >= 0.6 is 22.9 Å². The van der Waals surface area contributed by atoms with Crippen LogP contribution in [0.5, 0.6) is 0 Å². The van der Waals surface area contributed by atoms with Gasteiger partial charge in [-0.05, 0) is 70.0 Å². The summed E-state index contributed by atoms with van der Waals surface area (Å²) in [6.07, 6.45) is 4.80. The van der Waals surface area contributed by atoms with Crippen molar-refractivity contribution in [2.45, 2.75) is 53.2 Å². The van der Waals surface area contributed by atoms with Crippen molar-refractivity contribution in [2.24, 2.45) is 0 Å². The number of aryl methyl sites for hydroxylation is 3. The summed E-state index contributed by atoms with van der Waals surface area (Å²) in [6, 6.07) is 17.1. The second-order valence-electron chi connectivity index (χ2n) is 9.41. The molecule has 0 saturated heterocycles. The van der Waals surface area contributed by atoms with Crippen molar-refractivity contribution in [3.8, 4) is 0 Å². The quantitative estimate of drug-likeness (QED) is 0.198. The summed E-state index contributed by atoms with van der Waals surface area (Å²) in [5.74, 6) is 0. The Morgan fingerprint density at radius 3 is 2.50 bits per heavy atom. The first-order chi connectivity index (χ1) is 15.1. The number of rotatable bonds is 3. The number of benzene rings is 2. The molecule has 0 spiro atoms. The van der Waals surface area contributed by atoms with Crippen LogP contribution in [-0.4, -0.2) is 13.8 Å². The Bertz CT molecular complexity index is 1390. The van der Waals surface area contributed by atoms with Gasteiger partial charge in [-0.3, -0.25) is 4.90 Å². The van der Waals surface area contributed by atoms with Gasteiger partial charge in [0.05, 0.1) is 6.20 Å². The van der Waals surface area contributed by atoms with E-state index >= 15 is 0 Å². The zero-order valence-electron chi connectivity index (χ0n) is 19.5. The van der Waals surface area contributed by atoms with Crippen molar-refractivity contribution < 1.29 is 7.11 Å². The van der Waals surface area contributed by atoms with Gasteiger partial charge in [0.25, 0.3) is 22.9 Å². The molecular weight excluding hydrogens is 509 g/mol. The fourth-order valence-electron chi connectivity index (χ4n) is 5.29. The Morgan fingerprint density at radius 1 is 1.00 bits per heavy atom. The number of hydrogen-bond donors (Lipinski definition) is 0. The molecule has 5 rings (SSSR count). The zero-order valence-corrected chi connectivity index (χ0v) is 21.6. The molecule has 4 nitrogen and oxygen atoms in total. The Morgan fingerprint density at radius 2 is 1.75 bits per heavy atom. The highest BCUT2D eigenvalue weighted by Gasteiger charge is 2.53. The minimum Gasteiger partial charge on any atom is -0.438 e. The molecule has 32 heavy (non-hydrogen) atoms. The number of quaternary nitrogens is 1. The van der Waals surface area contributed by atoms with Crippen molar-refractivity contribution >= 4 is 50.6 Å². The number of anilines is 1. The number of halogens is 1. The summed E-state index contributed by atoms with van der Waals surface area (Å²) in [5, 5.41) is 2.27. The number of hydrogen-bond acceptors (Lipinski definition) is 3. The van der Waals surface area contributed by atoms with Crippen LogP contribution in [0.3, 0.4) is 0 Å². The van der Waals surface area contributed by atoms with E-state index in [2.05, 4.69) is 128 Å². The SMILES string of the molecule is Cc1ccc2c(n1)oc1ccc(C)c(C(C)(C)[N+]3(I)C=CN(c4ccccc4C)[C@H]3C)c12. The van der Waals surface area contributed by atoms with Crippen LogP contribution < -0.4 is 4.90 Å². The van der Waals surface area contributed by atoms with Crippen molar-refractivity contribution in [2.75, 3.05) is 4.90 Å². The lowest BCUT2D eigenvalue weighted by molar-refractivity contribution is -0.783. The lowest BCUT2D eigenvalue weighted by Gasteiger charge is -2.45. The molecule has 0 bridgehead atoms. The highest BCUT2D eigenvalue weighted by atomic mass is 127. The Kier molecular flexibility index (Phi) is 4.91. The summed E-state index contributed by atoms with van der Waals surface area (Å²) < 4.78 is 6.93. The van der Waals surface area contributed by atoms with Gasteiger partial charge in [0.1, 0.15) is 17.3 Å². The lowest BCUT2D eigenvalue weighted by atomic mass is 9.85. The average molecular weight is 538 g/mol. The van der Waals surface area contributed by atoms with E-state index in [1.165, 1.54) is 27.8 Å². The molecule has 1 aliphatic heterocycles. The number of furan rings is 1. The van der Waals surface area contributed by atoms with E-state index in [4.69, 9.17) is 4.42 Å². The maximum Gasteiger partial charge on any atom is 0.256 e. The molecule has 1 aliphatic rings. The van der Waals surface area contributed by atoms with E-state index in [1.54, 1.807) is 0 Å². The molecule has 0 fully saturated rings. The molecule has 5 heteroatoms. The molecule has 2 aromatic heterocycles. The van der Waals surface area contributed by atoms with Crippen LogP contribution in [0, 0.1) is 20.8 Å². The van der Waals surface area contributed by atoms with Crippen molar-refractivity contribution in [1.29, 1.82) is 0 Å². The van der Waals surface area contributed by atoms with E-state index in [9.17, 15) is 0 Å². The first-order valence-electron chi connectivity index (χ1n) is 11.1. The first-order valence-corrected chi connectivity index (χ1v) is 12.0. The molecule has 0 saturated carbocycles. The van der Waals surface area contributed by atoms with Crippen LogP contribution in [0.15, 0.2) is 65.3 Å². The molecule has 1 unspecified atom stereocenters. The Hall–Kier alpha value is -2.38. The monoisotopic (exact) mass is 538 g/mol. The third kappa shape index (κ3) is 2.94. The fraction of sp³-hybridized carbons (Fsp3) is 0.296. The molecular formula is C27H29IN3O+. The van der Waals surface area contributed by atoms with E-state index in [0.717, 1.165) is 19.4 Å². The maximum absolute atomic E-state index is 6.20. The Labute approximate surface area is 203 Å². The van der Waals surface area contributed by atoms with Crippen LogP contribution in [0.25, 0.3) is 22.1 Å². The van der Waals surface area contributed by atoms with Crippen molar-refractivity contribution in [3.63, 3.8) is 0 Å². The molecule has 4 aromatic rings. The predicted molar refractivity (Wildman–Crippen MR) is 141 cm³/mol. The largest absolute Gasteiger partial charge is 0.438 e. The van der Waals surface area contributed by atoms with Gasteiger partial charge in [0.2, 0.25) is 5.71 Å². The molecule has 164 valence electrons. The van der Waals surface area contributed by atoms with Crippen molar-refractivity contribution in [1.82, 2.24) is 4.98 Å². The molecule has 2 aromatic carbocycles.